The number of aromatic carboxylic acids is 1. The number of hydrogen-bond donors (Lipinski definition) is 2. The third kappa shape index (κ3) is 2.29. The third-order valence-electron chi connectivity index (χ3n) is 1.62. The summed E-state index contributed by atoms with van der Waals surface area (Å²) in [5.74, 6) is -0.843. The molecule has 1 unspecified atom stereocenters. The average molecular weight is 193 g/mol. The van der Waals surface area contributed by atoms with Crippen LogP contribution in [0.15, 0.2) is 25.0 Å². The first-order valence-corrected chi connectivity index (χ1v) is 4.08. The van der Waals surface area contributed by atoms with Crippen molar-refractivity contribution in [1.29, 1.82) is 0 Å². The van der Waals surface area contributed by atoms with Crippen molar-refractivity contribution in [2.45, 2.75) is 13.0 Å². The fourth-order valence-corrected chi connectivity index (χ4v) is 0.875. The van der Waals surface area contributed by atoms with Crippen molar-refractivity contribution in [1.82, 2.24) is 9.97 Å². The zero-order valence-electron chi connectivity index (χ0n) is 7.77. The van der Waals surface area contributed by atoms with Crippen LogP contribution >= 0.6 is 0 Å². The fourth-order valence-electron chi connectivity index (χ4n) is 0.875. The van der Waals surface area contributed by atoms with Crippen LogP contribution in [0.2, 0.25) is 0 Å². The summed E-state index contributed by atoms with van der Waals surface area (Å²) in [6.07, 6.45) is 4.43. The maximum absolute atomic E-state index is 10.7. The van der Waals surface area contributed by atoms with Gasteiger partial charge in [0.15, 0.2) is 11.5 Å². The summed E-state index contributed by atoms with van der Waals surface area (Å²) in [6, 6.07) is -0.0511. The van der Waals surface area contributed by atoms with E-state index in [0.717, 1.165) is 0 Å². The Kier molecular flexibility index (Phi) is 3.17. The molecule has 2 N–H and O–H groups in total. The van der Waals surface area contributed by atoms with Crippen molar-refractivity contribution < 1.29 is 9.90 Å². The Morgan fingerprint density at radius 3 is 2.86 bits per heavy atom. The Morgan fingerprint density at radius 2 is 2.29 bits per heavy atom. The number of carboxylic acids is 1. The van der Waals surface area contributed by atoms with Gasteiger partial charge in [-0.15, -0.1) is 6.58 Å². The summed E-state index contributed by atoms with van der Waals surface area (Å²) < 4.78 is 0. The summed E-state index contributed by atoms with van der Waals surface area (Å²) in [6.45, 7) is 5.41. The minimum Gasteiger partial charge on any atom is -0.476 e. The molecule has 0 aliphatic rings. The SMILES string of the molecule is C=CC(C)Nc1nccnc1C(=O)O. The minimum absolute atomic E-state index is 0.0511. The largest absolute Gasteiger partial charge is 0.476 e. The molecule has 1 heterocycles. The van der Waals surface area contributed by atoms with Gasteiger partial charge < -0.3 is 10.4 Å². The van der Waals surface area contributed by atoms with E-state index in [0.29, 0.717) is 0 Å². The Morgan fingerprint density at radius 1 is 1.64 bits per heavy atom. The second-order valence-corrected chi connectivity index (χ2v) is 2.73. The lowest BCUT2D eigenvalue weighted by atomic mass is 10.3. The van der Waals surface area contributed by atoms with Gasteiger partial charge in [-0.05, 0) is 6.92 Å². The van der Waals surface area contributed by atoms with Crippen LogP contribution in [0.5, 0.6) is 0 Å². The van der Waals surface area contributed by atoms with Crippen LogP contribution in [-0.2, 0) is 0 Å². The van der Waals surface area contributed by atoms with Crippen LogP contribution in [0.1, 0.15) is 17.4 Å². The summed E-state index contributed by atoms with van der Waals surface area (Å²) >= 11 is 0. The maximum Gasteiger partial charge on any atom is 0.358 e. The predicted octanol–water partition coefficient (Wildman–Crippen LogP) is 1.16. The van der Waals surface area contributed by atoms with Crippen LogP contribution < -0.4 is 5.32 Å². The van der Waals surface area contributed by atoms with Gasteiger partial charge >= 0.3 is 5.97 Å². The minimum atomic E-state index is -1.10. The van der Waals surface area contributed by atoms with E-state index >= 15 is 0 Å². The lowest BCUT2D eigenvalue weighted by Crippen LogP contribution is -2.16. The van der Waals surface area contributed by atoms with Crippen molar-refractivity contribution in [2.24, 2.45) is 0 Å². The van der Waals surface area contributed by atoms with Gasteiger partial charge in [-0.25, -0.2) is 14.8 Å². The van der Waals surface area contributed by atoms with Gasteiger partial charge in [0.2, 0.25) is 0 Å². The number of rotatable bonds is 4. The number of nitrogens with zero attached hydrogens (tertiary/aromatic N) is 2. The van der Waals surface area contributed by atoms with E-state index in [1.807, 2.05) is 6.92 Å². The van der Waals surface area contributed by atoms with Gasteiger partial charge in [-0.2, -0.15) is 0 Å². The molecule has 1 atom stereocenters. The molecule has 0 aromatic carbocycles. The first-order valence-electron chi connectivity index (χ1n) is 4.08. The topological polar surface area (TPSA) is 75.1 Å². The standard InChI is InChI=1S/C9H11N3O2/c1-3-6(2)12-8-7(9(13)14)10-4-5-11-8/h3-6H,1H2,2H3,(H,11,12)(H,13,14). The molecule has 5 heteroatoms. The molecule has 0 bridgehead atoms. The second-order valence-electron chi connectivity index (χ2n) is 2.73. The van der Waals surface area contributed by atoms with Crippen molar-refractivity contribution in [3.8, 4) is 0 Å². The first kappa shape index (κ1) is 10.2. The Hall–Kier alpha value is -1.91. The normalized spacial score (nSPS) is 11.8. The molecule has 0 radical (unpaired) electrons. The predicted molar refractivity (Wildman–Crippen MR) is 52.3 cm³/mol. The van der Waals surface area contributed by atoms with Crippen molar-refractivity contribution in [3.63, 3.8) is 0 Å². The van der Waals surface area contributed by atoms with E-state index < -0.39 is 5.97 Å². The van der Waals surface area contributed by atoms with Crippen molar-refractivity contribution in [2.75, 3.05) is 5.32 Å². The third-order valence-corrected chi connectivity index (χ3v) is 1.62. The van der Waals surface area contributed by atoms with Crippen molar-refractivity contribution in [3.05, 3.63) is 30.7 Å². The number of aromatic nitrogens is 2. The molecular formula is C9H11N3O2. The highest BCUT2D eigenvalue weighted by Gasteiger charge is 2.12. The van der Waals surface area contributed by atoms with Gasteiger partial charge in [0.25, 0.3) is 0 Å². The highest BCUT2D eigenvalue weighted by molar-refractivity contribution is 5.90. The summed E-state index contributed by atoms with van der Waals surface area (Å²) in [5, 5.41) is 11.7. The quantitative estimate of drug-likeness (QED) is 0.702. The lowest BCUT2D eigenvalue weighted by Gasteiger charge is -2.10. The zero-order valence-corrected chi connectivity index (χ0v) is 7.77. The fraction of sp³-hybridized carbons (Fsp3) is 0.222. The van der Waals surface area contributed by atoms with Gasteiger partial charge in [0.1, 0.15) is 0 Å². The van der Waals surface area contributed by atoms with Gasteiger partial charge in [0.05, 0.1) is 0 Å². The van der Waals surface area contributed by atoms with Crippen LogP contribution in [0.3, 0.4) is 0 Å². The van der Waals surface area contributed by atoms with E-state index in [-0.39, 0.29) is 17.6 Å². The zero-order chi connectivity index (χ0) is 10.6. The van der Waals surface area contributed by atoms with Crippen LogP contribution in [-0.4, -0.2) is 27.1 Å². The van der Waals surface area contributed by atoms with E-state index in [1.165, 1.54) is 12.4 Å². The molecule has 0 aliphatic carbocycles. The molecule has 0 fully saturated rings. The second kappa shape index (κ2) is 4.36. The smallest absolute Gasteiger partial charge is 0.358 e. The van der Waals surface area contributed by atoms with Crippen molar-refractivity contribution >= 4 is 11.8 Å². The molecule has 1 aromatic heterocycles. The molecular weight excluding hydrogens is 182 g/mol. The molecule has 0 spiro atoms. The van der Waals surface area contributed by atoms with E-state index in [1.54, 1.807) is 6.08 Å². The molecule has 74 valence electrons. The number of hydrogen-bond acceptors (Lipinski definition) is 4. The molecule has 14 heavy (non-hydrogen) atoms. The maximum atomic E-state index is 10.7. The van der Waals surface area contributed by atoms with E-state index in [4.69, 9.17) is 5.11 Å². The van der Waals surface area contributed by atoms with Gasteiger partial charge in [0, 0.05) is 18.4 Å². The monoisotopic (exact) mass is 193 g/mol. The molecule has 5 nitrogen and oxygen atoms in total. The molecule has 0 saturated heterocycles. The van der Waals surface area contributed by atoms with Crippen LogP contribution in [0.4, 0.5) is 5.82 Å². The molecule has 0 aliphatic heterocycles. The highest BCUT2D eigenvalue weighted by atomic mass is 16.4. The van der Waals surface area contributed by atoms with Crippen LogP contribution in [0, 0.1) is 0 Å². The number of carbonyl (C=O) groups is 1. The molecule has 1 aromatic rings. The summed E-state index contributed by atoms with van der Waals surface area (Å²) in [4.78, 5) is 18.3. The van der Waals surface area contributed by atoms with Gasteiger partial charge in [-0.3, -0.25) is 0 Å². The molecule has 0 saturated carbocycles. The number of nitrogens with one attached hydrogen (secondary N) is 1. The Bertz CT molecular complexity index is 352. The first-order chi connectivity index (χ1) is 6.65. The number of anilines is 1. The highest BCUT2D eigenvalue weighted by Crippen LogP contribution is 2.09. The molecule has 0 amide bonds. The van der Waals surface area contributed by atoms with Crippen LogP contribution in [0.25, 0.3) is 0 Å². The van der Waals surface area contributed by atoms with E-state index in [2.05, 4.69) is 21.9 Å². The summed E-state index contributed by atoms with van der Waals surface area (Å²) in [5.41, 5.74) is -0.0822. The Labute approximate surface area is 81.5 Å². The summed E-state index contributed by atoms with van der Waals surface area (Å²) in [7, 11) is 0. The van der Waals surface area contributed by atoms with Gasteiger partial charge in [-0.1, -0.05) is 6.08 Å². The lowest BCUT2D eigenvalue weighted by molar-refractivity contribution is 0.0691. The number of carboxylic acid groups (broad SMARTS) is 1. The average Bonchev–Trinajstić information content (AvgIpc) is 2.18. The Balaban J connectivity index is 2.95. The molecule has 1 rings (SSSR count). The van der Waals surface area contributed by atoms with E-state index in [9.17, 15) is 4.79 Å².